The number of nitrogens with two attached hydrogens (primary N) is 1. The van der Waals surface area contributed by atoms with Crippen LogP contribution in [0.5, 0.6) is 0 Å². The summed E-state index contributed by atoms with van der Waals surface area (Å²) in [6.07, 6.45) is 4.10. The smallest absolute Gasteiger partial charge is 0.220 e. The zero-order chi connectivity index (χ0) is 11.8. The molecule has 5 heteroatoms. The molecule has 4 N–H and O–H groups in total. The summed E-state index contributed by atoms with van der Waals surface area (Å²) in [5, 5.41) is 6.02. The molecule has 0 aromatic rings. The SMILES string of the molecule is NC(=O)CCNC(=O)CCC1CCCNC1. The second-order valence-corrected chi connectivity index (χ2v) is 4.32. The largest absolute Gasteiger partial charge is 0.370 e. The second kappa shape index (κ2) is 7.22. The van der Waals surface area contributed by atoms with E-state index in [-0.39, 0.29) is 18.2 Å². The molecule has 1 aliphatic rings. The van der Waals surface area contributed by atoms with Crippen molar-refractivity contribution in [2.24, 2.45) is 11.7 Å². The molecular weight excluding hydrogens is 206 g/mol. The van der Waals surface area contributed by atoms with Crippen molar-refractivity contribution in [1.82, 2.24) is 10.6 Å². The molecule has 0 aromatic heterocycles. The van der Waals surface area contributed by atoms with Crippen LogP contribution in [-0.2, 0) is 9.59 Å². The van der Waals surface area contributed by atoms with Crippen LogP contribution in [0.1, 0.15) is 32.1 Å². The number of piperidine rings is 1. The third kappa shape index (κ3) is 5.70. The van der Waals surface area contributed by atoms with Gasteiger partial charge in [0.15, 0.2) is 0 Å². The van der Waals surface area contributed by atoms with Gasteiger partial charge in [0.2, 0.25) is 11.8 Å². The molecule has 0 radical (unpaired) electrons. The zero-order valence-electron chi connectivity index (χ0n) is 9.63. The highest BCUT2D eigenvalue weighted by Crippen LogP contribution is 2.15. The van der Waals surface area contributed by atoms with Gasteiger partial charge in [-0.2, -0.15) is 0 Å². The van der Waals surface area contributed by atoms with Crippen LogP contribution in [0.3, 0.4) is 0 Å². The quantitative estimate of drug-likeness (QED) is 0.585. The Morgan fingerprint density at radius 1 is 1.38 bits per heavy atom. The van der Waals surface area contributed by atoms with Crippen molar-refractivity contribution < 1.29 is 9.59 Å². The molecule has 0 aromatic carbocycles. The predicted octanol–water partition coefficient (Wildman–Crippen LogP) is -0.242. The Labute approximate surface area is 96.1 Å². The lowest BCUT2D eigenvalue weighted by Gasteiger charge is -2.22. The van der Waals surface area contributed by atoms with Crippen LogP contribution in [-0.4, -0.2) is 31.4 Å². The molecule has 1 aliphatic heterocycles. The zero-order valence-corrected chi connectivity index (χ0v) is 9.63. The van der Waals surface area contributed by atoms with Gasteiger partial charge in [0, 0.05) is 19.4 Å². The van der Waals surface area contributed by atoms with Crippen molar-refractivity contribution in [3.8, 4) is 0 Å². The lowest BCUT2D eigenvalue weighted by Crippen LogP contribution is -2.32. The number of rotatable bonds is 6. The highest BCUT2D eigenvalue weighted by atomic mass is 16.2. The van der Waals surface area contributed by atoms with E-state index < -0.39 is 0 Å². The number of carbonyl (C=O) groups excluding carboxylic acids is 2. The van der Waals surface area contributed by atoms with E-state index in [9.17, 15) is 9.59 Å². The summed E-state index contributed by atoms with van der Waals surface area (Å²) in [6, 6.07) is 0. The summed E-state index contributed by atoms with van der Waals surface area (Å²) in [5.74, 6) is 0.263. The number of hydrogen-bond acceptors (Lipinski definition) is 3. The van der Waals surface area contributed by atoms with Crippen LogP contribution in [0.4, 0.5) is 0 Å². The van der Waals surface area contributed by atoms with Crippen molar-refractivity contribution in [1.29, 1.82) is 0 Å². The molecule has 0 saturated carbocycles. The van der Waals surface area contributed by atoms with Gasteiger partial charge in [-0.15, -0.1) is 0 Å². The predicted molar refractivity (Wildman–Crippen MR) is 61.6 cm³/mol. The van der Waals surface area contributed by atoms with E-state index in [4.69, 9.17) is 5.73 Å². The van der Waals surface area contributed by atoms with E-state index in [1.54, 1.807) is 0 Å². The number of primary amides is 1. The first-order valence-electron chi connectivity index (χ1n) is 5.94. The Morgan fingerprint density at radius 3 is 2.81 bits per heavy atom. The average Bonchev–Trinajstić information content (AvgIpc) is 2.27. The molecule has 92 valence electrons. The minimum Gasteiger partial charge on any atom is -0.370 e. The van der Waals surface area contributed by atoms with Gasteiger partial charge >= 0.3 is 0 Å². The number of hydrogen-bond donors (Lipinski definition) is 3. The Balaban J connectivity index is 2.02. The molecule has 1 heterocycles. The monoisotopic (exact) mass is 227 g/mol. The fourth-order valence-corrected chi connectivity index (χ4v) is 1.92. The first-order chi connectivity index (χ1) is 7.68. The van der Waals surface area contributed by atoms with Crippen molar-refractivity contribution >= 4 is 11.8 Å². The molecule has 1 atom stereocenters. The first kappa shape index (κ1) is 13.0. The van der Waals surface area contributed by atoms with Crippen molar-refractivity contribution in [2.45, 2.75) is 32.1 Å². The fourth-order valence-electron chi connectivity index (χ4n) is 1.92. The van der Waals surface area contributed by atoms with Crippen LogP contribution in [0, 0.1) is 5.92 Å². The molecule has 1 fully saturated rings. The third-order valence-electron chi connectivity index (χ3n) is 2.87. The minimum atomic E-state index is -0.378. The summed E-state index contributed by atoms with van der Waals surface area (Å²) in [4.78, 5) is 21.8. The van der Waals surface area contributed by atoms with Crippen molar-refractivity contribution in [2.75, 3.05) is 19.6 Å². The van der Waals surface area contributed by atoms with Crippen LogP contribution in [0.25, 0.3) is 0 Å². The van der Waals surface area contributed by atoms with Gasteiger partial charge in [0.05, 0.1) is 0 Å². The van der Waals surface area contributed by atoms with E-state index in [2.05, 4.69) is 10.6 Å². The van der Waals surface area contributed by atoms with Crippen LogP contribution in [0.15, 0.2) is 0 Å². The Kier molecular flexibility index (Phi) is 5.85. The van der Waals surface area contributed by atoms with E-state index in [0.717, 1.165) is 19.5 Å². The van der Waals surface area contributed by atoms with Gasteiger partial charge in [-0.25, -0.2) is 0 Å². The maximum Gasteiger partial charge on any atom is 0.220 e. The molecular formula is C11H21N3O2. The fraction of sp³-hybridized carbons (Fsp3) is 0.818. The van der Waals surface area contributed by atoms with Gasteiger partial charge in [-0.1, -0.05) is 0 Å². The van der Waals surface area contributed by atoms with E-state index in [1.807, 2.05) is 0 Å². The summed E-state index contributed by atoms with van der Waals surface area (Å²) >= 11 is 0. The third-order valence-corrected chi connectivity index (χ3v) is 2.87. The topological polar surface area (TPSA) is 84.2 Å². The van der Waals surface area contributed by atoms with Crippen molar-refractivity contribution in [3.05, 3.63) is 0 Å². The van der Waals surface area contributed by atoms with E-state index in [0.29, 0.717) is 18.9 Å². The Bertz CT molecular complexity index is 237. The van der Waals surface area contributed by atoms with Crippen LogP contribution >= 0.6 is 0 Å². The Morgan fingerprint density at radius 2 is 2.19 bits per heavy atom. The maximum atomic E-state index is 11.4. The summed E-state index contributed by atoms with van der Waals surface area (Å²) in [5.41, 5.74) is 4.97. The van der Waals surface area contributed by atoms with Gasteiger partial charge < -0.3 is 16.4 Å². The highest BCUT2D eigenvalue weighted by molar-refractivity contribution is 5.77. The summed E-state index contributed by atoms with van der Waals surface area (Å²) in [6.45, 7) is 2.48. The molecule has 0 bridgehead atoms. The van der Waals surface area contributed by atoms with E-state index >= 15 is 0 Å². The lowest BCUT2D eigenvalue weighted by molar-refractivity contribution is -0.121. The summed E-state index contributed by atoms with van der Waals surface area (Å²) < 4.78 is 0. The molecule has 16 heavy (non-hydrogen) atoms. The number of nitrogens with one attached hydrogen (secondary N) is 2. The molecule has 1 saturated heterocycles. The number of amides is 2. The molecule has 1 rings (SSSR count). The molecule has 1 unspecified atom stereocenters. The van der Waals surface area contributed by atoms with Gasteiger partial charge in [-0.3, -0.25) is 9.59 Å². The maximum absolute atomic E-state index is 11.4. The summed E-state index contributed by atoms with van der Waals surface area (Å²) in [7, 11) is 0. The molecule has 5 nitrogen and oxygen atoms in total. The van der Waals surface area contributed by atoms with E-state index in [1.165, 1.54) is 12.8 Å². The minimum absolute atomic E-state index is 0.0202. The first-order valence-corrected chi connectivity index (χ1v) is 5.94. The molecule has 0 aliphatic carbocycles. The second-order valence-electron chi connectivity index (χ2n) is 4.32. The average molecular weight is 227 g/mol. The van der Waals surface area contributed by atoms with Gasteiger partial charge in [0.25, 0.3) is 0 Å². The van der Waals surface area contributed by atoms with Crippen LogP contribution in [0.2, 0.25) is 0 Å². The lowest BCUT2D eigenvalue weighted by atomic mass is 9.94. The van der Waals surface area contributed by atoms with Crippen molar-refractivity contribution in [3.63, 3.8) is 0 Å². The molecule has 2 amide bonds. The normalized spacial score (nSPS) is 20.4. The van der Waals surface area contributed by atoms with Crippen LogP contribution < -0.4 is 16.4 Å². The number of carbonyl (C=O) groups is 2. The van der Waals surface area contributed by atoms with Gasteiger partial charge in [-0.05, 0) is 38.3 Å². The van der Waals surface area contributed by atoms with Gasteiger partial charge in [0.1, 0.15) is 0 Å². The molecule has 0 spiro atoms. The Hall–Kier alpha value is -1.10. The standard InChI is InChI=1S/C11H21N3O2/c12-10(15)5-7-14-11(16)4-3-9-2-1-6-13-8-9/h9,13H,1-8H2,(H2,12,15)(H,14,16). The highest BCUT2D eigenvalue weighted by Gasteiger charge is 2.14.